The molecule has 3 aliphatic rings. The fraction of sp³-hybridized carbons (Fsp3) is 0.909. The van der Waals surface area contributed by atoms with Crippen LogP contribution in [0.2, 0.25) is 0 Å². The Morgan fingerprint density at radius 3 is 2.45 bits per heavy atom. The highest BCUT2D eigenvalue weighted by atomic mass is 16.5. The summed E-state index contributed by atoms with van der Waals surface area (Å²) in [7, 11) is 3.65. The third kappa shape index (κ3) is 5.23. The molecular weight excluding hydrogens is 366 g/mol. The molecule has 1 spiro atoms. The summed E-state index contributed by atoms with van der Waals surface area (Å²) in [4.78, 5) is 20.6. The van der Waals surface area contributed by atoms with Crippen molar-refractivity contribution in [2.75, 3.05) is 46.9 Å². The summed E-state index contributed by atoms with van der Waals surface area (Å²) < 4.78 is 6.06. The number of likely N-dealkylation sites (N-methyl/N-ethyl adjacent to an activating group) is 1. The van der Waals surface area contributed by atoms with Crippen molar-refractivity contribution in [3.05, 3.63) is 0 Å². The largest absolute Gasteiger partial charge is 0.378 e. The molecule has 0 aromatic heterocycles. The van der Waals surface area contributed by atoms with Crippen LogP contribution >= 0.6 is 0 Å². The molecule has 0 bridgehead atoms. The van der Waals surface area contributed by atoms with Gasteiger partial charge < -0.3 is 20.3 Å². The van der Waals surface area contributed by atoms with E-state index in [1.165, 1.54) is 25.7 Å². The zero-order valence-corrected chi connectivity index (χ0v) is 18.9. The van der Waals surface area contributed by atoms with E-state index in [0.29, 0.717) is 30.1 Å². The topological polar surface area (TPSA) is 69.2 Å². The number of amides is 1. The lowest BCUT2D eigenvalue weighted by Gasteiger charge is -2.54. The molecule has 1 amide bonds. The minimum absolute atomic E-state index is 0.182. The molecule has 3 rings (SSSR count). The van der Waals surface area contributed by atoms with Crippen LogP contribution in [0, 0.1) is 5.41 Å². The molecule has 2 aliphatic carbocycles. The Balaban J connectivity index is 1.50. The van der Waals surface area contributed by atoms with Gasteiger partial charge in [0.05, 0.1) is 12.6 Å². The Morgan fingerprint density at radius 1 is 1.17 bits per heavy atom. The number of guanidine groups is 1. The second-order valence-corrected chi connectivity index (χ2v) is 9.12. The normalized spacial score (nSPS) is 27.7. The van der Waals surface area contributed by atoms with Crippen molar-refractivity contribution in [3.8, 4) is 0 Å². The van der Waals surface area contributed by atoms with E-state index >= 15 is 0 Å². The fourth-order valence-electron chi connectivity index (χ4n) is 5.31. The van der Waals surface area contributed by atoms with Crippen LogP contribution in [-0.4, -0.2) is 86.7 Å². The van der Waals surface area contributed by atoms with Crippen LogP contribution in [0.25, 0.3) is 0 Å². The average molecular weight is 408 g/mol. The first-order valence-corrected chi connectivity index (χ1v) is 11.6. The number of carbonyl (C=O) groups excluding carboxylic acids is 1. The molecule has 1 heterocycles. The lowest BCUT2D eigenvalue weighted by molar-refractivity contribution is -0.130. The standard InChI is InChI=1S/C22H41N5O2/c1-5-23-21(24-17-9-13-27(14-10-17)16-20(28)26(3)4)25-18-15-19(29-6-2)22(18)11-7-8-12-22/h17-19H,5-16H2,1-4H3,(H2,23,24,25). The molecule has 0 radical (unpaired) electrons. The molecule has 7 heteroatoms. The zero-order chi connectivity index (χ0) is 20.9. The van der Waals surface area contributed by atoms with E-state index in [0.717, 1.165) is 51.5 Å². The number of carbonyl (C=O) groups is 1. The zero-order valence-electron chi connectivity index (χ0n) is 18.9. The molecule has 3 fully saturated rings. The molecule has 0 aromatic carbocycles. The first-order valence-electron chi connectivity index (χ1n) is 11.6. The van der Waals surface area contributed by atoms with Gasteiger partial charge in [-0.25, -0.2) is 0 Å². The number of hydrogen-bond donors (Lipinski definition) is 2. The Hall–Kier alpha value is -1.34. The van der Waals surface area contributed by atoms with Crippen LogP contribution in [-0.2, 0) is 9.53 Å². The van der Waals surface area contributed by atoms with Crippen molar-refractivity contribution in [3.63, 3.8) is 0 Å². The maximum Gasteiger partial charge on any atom is 0.236 e. The van der Waals surface area contributed by atoms with Crippen molar-refractivity contribution in [2.45, 2.75) is 77.0 Å². The van der Waals surface area contributed by atoms with Gasteiger partial charge in [-0.05, 0) is 46.0 Å². The molecule has 29 heavy (non-hydrogen) atoms. The number of likely N-dealkylation sites (tertiary alicyclic amines) is 1. The van der Waals surface area contributed by atoms with Gasteiger partial charge in [-0.2, -0.15) is 0 Å². The van der Waals surface area contributed by atoms with Crippen LogP contribution in [0.1, 0.15) is 58.8 Å². The average Bonchev–Trinajstić information content (AvgIpc) is 3.22. The number of nitrogens with zero attached hydrogens (tertiary/aromatic N) is 3. The van der Waals surface area contributed by atoms with E-state index < -0.39 is 0 Å². The van der Waals surface area contributed by atoms with E-state index in [1.54, 1.807) is 4.90 Å². The lowest BCUT2D eigenvalue weighted by atomic mass is 9.60. The second kappa shape index (κ2) is 10.1. The lowest BCUT2D eigenvalue weighted by Crippen LogP contribution is -2.65. The molecule has 1 aliphatic heterocycles. The third-order valence-corrected chi connectivity index (χ3v) is 7.10. The van der Waals surface area contributed by atoms with E-state index in [2.05, 4.69) is 29.4 Å². The summed E-state index contributed by atoms with van der Waals surface area (Å²) in [6, 6.07) is 0.887. The first kappa shape index (κ1) is 22.3. The monoisotopic (exact) mass is 407 g/mol. The maximum absolute atomic E-state index is 11.9. The Labute approximate surface area is 176 Å². The van der Waals surface area contributed by atoms with Gasteiger partial charge >= 0.3 is 0 Å². The molecule has 7 nitrogen and oxygen atoms in total. The minimum Gasteiger partial charge on any atom is -0.378 e. The van der Waals surface area contributed by atoms with Gasteiger partial charge in [-0.3, -0.25) is 14.7 Å². The Kier molecular flexibility index (Phi) is 7.79. The summed E-state index contributed by atoms with van der Waals surface area (Å²) in [5.41, 5.74) is 0.308. The predicted octanol–water partition coefficient (Wildman–Crippen LogP) is 1.83. The van der Waals surface area contributed by atoms with Crippen molar-refractivity contribution in [2.24, 2.45) is 10.4 Å². The van der Waals surface area contributed by atoms with Gasteiger partial charge in [-0.1, -0.05) is 12.8 Å². The first-order chi connectivity index (χ1) is 14.0. The molecule has 2 N–H and O–H groups in total. The molecule has 1 saturated heterocycles. The van der Waals surface area contributed by atoms with E-state index in [9.17, 15) is 4.79 Å². The van der Waals surface area contributed by atoms with Crippen molar-refractivity contribution in [1.29, 1.82) is 0 Å². The molecular formula is C22H41N5O2. The van der Waals surface area contributed by atoms with Crippen LogP contribution in [0.3, 0.4) is 0 Å². The maximum atomic E-state index is 11.9. The molecule has 0 aromatic rings. The van der Waals surface area contributed by atoms with E-state index in [-0.39, 0.29) is 5.91 Å². The van der Waals surface area contributed by atoms with Gasteiger partial charge in [0, 0.05) is 57.8 Å². The van der Waals surface area contributed by atoms with Crippen LogP contribution < -0.4 is 10.6 Å². The van der Waals surface area contributed by atoms with Crippen molar-refractivity contribution in [1.82, 2.24) is 20.4 Å². The summed E-state index contributed by atoms with van der Waals surface area (Å²) in [5, 5.41) is 7.45. The predicted molar refractivity (Wildman–Crippen MR) is 117 cm³/mol. The number of ether oxygens (including phenoxy) is 1. The highest BCUT2D eigenvalue weighted by Crippen LogP contribution is 2.54. The molecule has 2 atom stereocenters. The second-order valence-electron chi connectivity index (χ2n) is 9.12. The Bertz CT molecular complexity index is 566. The number of piperidine rings is 1. The summed E-state index contributed by atoms with van der Waals surface area (Å²) in [5.74, 6) is 1.14. The number of nitrogens with one attached hydrogen (secondary N) is 2. The minimum atomic E-state index is 0.182. The molecule has 2 saturated carbocycles. The third-order valence-electron chi connectivity index (χ3n) is 7.10. The number of aliphatic imine (C=N–C) groups is 1. The van der Waals surface area contributed by atoms with Gasteiger partial charge in [0.25, 0.3) is 0 Å². The number of rotatable bonds is 7. The van der Waals surface area contributed by atoms with Gasteiger partial charge in [-0.15, -0.1) is 0 Å². The SMILES string of the molecule is CCN=C(NC1CCN(CC(=O)N(C)C)CC1)NC1CC(OCC)C12CCCC2. The van der Waals surface area contributed by atoms with Gasteiger partial charge in [0.1, 0.15) is 0 Å². The quantitative estimate of drug-likeness (QED) is 0.498. The van der Waals surface area contributed by atoms with Crippen LogP contribution in [0.4, 0.5) is 0 Å². The molecule has 2 unspecified atom stereocenters. The van der Waals surface area contributed by atoms with Crippen LogP contribution in [0.5, 0.6) is 0 Å². The molecule has 166 valence electrons. The fourth-order valence-corrected chi connectivity index (χ4v) is 5.31. The summed E-state index contributed by atoms with van der Waals surface area (Å²) in [6.07, 6.45) is 8.76. The summed E-state index contributed by atoms with van der Waals surface area (Å²) in [6.45, 7) is 8.22. The Morgan fingerprint density at radius 2 is 1.86 bits per heavy atom. The number of hydrogen-bond acceptors (Lipinski definition) is 4. The van der Waals surface area contributed by atoms with E-state index in [1.807, 2.05) is 14.1 Å². The van der Waals surface area contributed by atoms with Gasteiger partial charge in [0.15, 0.2) is 5.96 Å². The highest BCUT2D eigenvalue weighted by molar-refractivity contribution is 5.80. The smallest absolute Gasteiger partial charge is 0.236 e. The summed E-state index contributed by atoms with van der Waals surface area (Å²) >= 11 is 0. The van der Waals surface area contributed by atoms with Crippen molar-refractivity contribution >= 4 is 11.9 Å². The highest BCUT2D eigenvalue weighted by Gasteiger charge is 2.57. The van der Waals surface area contributed by atoms with Crippen LogP contribution in [0.15, 0.2) is 4.99 Å². The van der Waals surface area contributed by atoms with Crippen molar-refractivity contribution < 1.29 is 9.53 Å². The van der Waals surface area contributed by atoms with E-state index in [4.69, 9.17) is 9.73 Å². The van der Waals surface area contributed by atoms with Gasteiger partial charge in [0.2, 0.25) is 5.91 Å².